The Kier molecular flexibility index (Phi) is 3.71. The first-order valence-electron chi connectivity index (χ1n) is 5.24. The third-order valence-corrected chi connectivity index (χ3v) is 2.83. The Morgan fingerprint density at radius 2 is 2.24 bits per heavy atom. The van der Waals surface area contributed by atoms with Crippen LogP contribution < -0.4 is 4.74 Å². The molecule has 0 fully saturated rings. The molecule has 1 aromatic heterocycles. The maximum absolute atomic E-state index is 10.0. The maximum atomic E-state index is 10.0. The predicted molar refractivity (Wildman–Crippen MR) is 65.4 cm³/mol. The fraction of sp³-hybridized carbons (Fsp3) is 0.231. The highest BCUT2D eigenvalue weighted by molar-refractivity contribution is 6.32. The molecule has 17 heavy (non-hydrogen) atoms. The second-order valence-electron chi connectivity index (χ2n) is 3.69. The summed E-state index contributed by atoms with van der Waals surface area (Å²) in [5.74, 6) is 1.34. The molecule has 90 valence electrons. The summed E-state index contributed by atoms with van der Waals surface area (Å²) in [6.07, 6.45) is 1.38. The van der Waals surface area contributed by atoms with Crippen LogP contribution in [-0.2, 0) is 6.42 Å². The van der Waals surface area contributed by atoms with Crippen LogP contribution in [0.4, 0.5) is 0 Å². The summed E-state index contributed by atoms with van der Waals surface area (Å²) in [7, 11) is 1.56. The molecule has 1 N–H and O–H groups in total. The zero-order valence-electron chi connectivity index (χ0n) is 9.39. The van der Waals surface area contributed by atoms with Crippen molar-refractivity contribution in [2.45, 2.75) is 12.5 Å². The van der Waals surface area contributed by atoms with Crippen molar-refractivity contribution in [3.63, 3.8) is 0 Å². The van der Waals surface area contributed by atoms with Crippen molar-refractivity contribution in [2.24, 2.45) is 0 Å². The molecule has 2 rings (SSSR count). The molecule has 2 aromatic rings. The van der Waals surface area contributed by atoms with Gasteiger partial charge < -0.3 is 14.3 Å². The minimum atomic E-state index is -0.635. The van der Waals surface area contributed by atoms with E-state index in [0.717, 1.165) is 11.3 Å². The van der Waals surface area contributed by atoms with Crippen molar-refractivity contribution in [3.05, 3.63) is 52.9 Å². The van der Waals surface area contributed by atoms with Crippen LogP contribution >= 0.6 is 11.6 Å². The van der Waals surface area contributed by atoms with Gasteiger partial charge in [0.1, 0.15) is 11.5 Å². The number of aliphatic hydroxyl groups excluding tert-OH is 1. The molecule has 4 heteroatoms. The van der Waals surface area contributed by atoms with Crippen LogP contribution in [0.25, 0.3) is 0 Å². The Morgan fingerprint density at radius 1 is 1.41 bits per heavy atom. The quantitative estimate of drug-likeness (QED) is 0.909. The van der Waals surface area contributed by atoms with E-state index in [9.17, 15) is 5.11 Å². The number of rotatable bonds is 4. The van der Waals surface area contributed by atoms with Crippen molar-refractivity contribution >= 4 is 11.6 Å². The van der Waals surface area contributed by atoms with Crippen molar-refractivity contribution < 1.29 is 14.3 Å². The number of hydrogen-bond acceptors (Lipinski definition) is 3. The molecule has 1 unspecified atom stereocenters. The molecule has 3 nitrogen and oxygen atoms in total. The van der Waals surface area contributed by atoms with E-state index >= 15 is 0 Å². The standard InChI is InChI=1S/C13H13ClO3/c1-16-13-5-4-9(7-11(13)14)12(15)8-10-3-2-6-17-10/h2-7,12,15H,8H2,1H3. The van der Waals surface area contributed by atoms with Gasteiger partial charge in [-0.25, -0.2) is 0 Å². The summed E-state index contributed by atoms with van der Waals surface area (Å²) < 4.78 is 10.2. The molecule has 1 aromatic carbocycles. The summed E-state index contributed by atoms with van der Waals surface area (Å²) in [5, 5.41) is 10.5. The number of aliphatic hydroxyl groups is 1. The summed E-state index contributed by atoms with van der Waals surface area (Å²) in [4.78, 5) is 0. The van der Waals surface area contributed by atoms with Crippen LogP contribution in [0, 0.1) is 0 Å². The van der Waals surface area contributed by atoms with Crippen LogP contribution in [0.2, 0.25) is 5.02 Å². The summed E-state index contributed by atoms with van der Waals surface area (Å²) in [6.45, 7) is 0. The van der Waals surface area contributed by atoms with Crippen LogP contribution in [0.15, 0.2) is 41.0 Å². The minimum absolute atomic E-state index is 0.426. The normalized spacial score (nSPS) is 12.4. The third-order valence-electron chi connectivity index (χ3n) is 2.54. The second kappa shape index (κ2) is 5.25. The zero-order valence-corrected chi connectivity index (χ0v) is 10.1. The Balaban J connectivity index is 2.14. The maximum Gasteiger partial charge on any atom is 0.137 e. The number of methoxy groups -OCH3 is 1. The van der Waals surface area contributed by atoms with Crippen molar-refractivity contribution in [1.29, 1.82) is 0 Å². The molecule has 0 aliphatic carbocycles. The second-order valence-corrected chi connectivity index (χ2v) is 4.10. The Labute approximate surface area is 105 Å². The van der Waals surface area contributed by atoms with Gasteiger partial charge in [-0.15, -0.1) is 0 Å². The lowest BCUT2D eigenvalue weighted by molar-refractivity contribution is 0.170. The van der Waals surface area contributed by atoms with Gasteiger partial charge in [0.2, 0.25) is 0 Å². The molecule has 0 amide bonds. The lowest BCUT2D eigenvalue weighted by atomic mass is 10.1. The first-order valence-corrected chi connectivity index (χ1v) is 5.62. The average molecular weight is 253 g/mol. The van der Waals surface area contributed by atoms with Gasteiger partial charge in [0.25, 0.3) is 0 Å². The van der Waals surface area contributed by atoms with E-state index in [-0.39, 0.29) is 0 Å². The SMILES string of the molecule is COc1ccc(C(O)Cc2ccco2)cc1Cl. The highest BCUT2D eigenvalue weighted by Gasteiger charge is 2.12. The van der Waals surface area contributed by atoms with Crippen LogP contribution in [0.3, 0.4) is 0 Å². The van der Waals surface area contributed by atoms with Gasteiger partial charge in [0.05, 0.1) is 24.5 Å². The molecule has 0 saturated heterocycles. The Morgan fingerprint density at radius 3 is 2.82 bits per heavy atom. The van der Waals surface area contributed by atoms with E-state index in [1.54, 1.807) is 37.6 Å². The van der Waals surface area contributed by atoms with Gasteiger partial charge in [0, 0.05) is 6.42 Å². The van der Waals surface area contributed by atoms with E-state index in [1.165, 1.54) is 0 Å². The summed E-state index contributed by atoms with van der Waals surface area (Å²) in [5.41, 5.74) is 0.743. The van der Waals surface area contributed by atoms with E-state index < -0.39 is 6.10 Å². The van der Waals surface area contributed by atoms with Gasteiger partial charge >= 0.3 is 0 Å². The third kappa shape index (κ3) is 2.81. The summed E-state index contributed by atoms with van der Waals surface area (Å²) in [6, 6.07) is 8.85. The fourth-order valence-corrected chi connectivity index (χ4v) is 1.89. The van der Waals surface area contributed by atoms with Crippen LogP contribution in [-0.4, -0.2) is 12.2 Å². The van der Waals surface area contributed by atoms with Crippen molar-refractivity contribution in [3.8, 4) is 5.75 Å². The topological polar surface area (TPSA) is 42.6 Å². The number of hydrogen-bond donors (Lipinski definition) is 1. The van der Waals surface area contributed by atoms with Gasteiger partial charge in [-0.3, -0.25) is 0 Å². The monoisotopic (exact) mass is 252 g/mol. The first kappa shape index (κ1) is 12.0. The van der Waals surface area contributed by atoms with E-state index in [0.29, 0.717) is 17.2 Å². The first-order chi connectivity index (χ1) is 8.20. The minimum Gasteiger partial charge on any atom is -0.495 e. The molecule has 1 atom stereocenters. The number of halogens is 1. The largest absolute Gasteiger partial charge is 0.495 e. The van der Waals surface area contributed by atoms with Crippen LogP contribution in [0.5, 0.6) is 5.75 Å². The highest BCUT2D eigenvalue weighted by Crippen LogP contribution is 2.28. The van der Waals surface area contributed by atoms with Gasteiger partial charge in [0.15, 0.2) is 0 Å². The van der Waals surface area contributed by atoms with E-state index in [2.05, 4.69) is 0 Å². The zero-order chi connectivity index (χ0) is 12.3. The van der Waals surface area contributed by atoms with E-state index in [4.69, 9.17) is 20.8 Å². The molecule has 0 saturated carbocycles. The average Bonchev–Trinajstić information content (AvgIpc) is 2.81. The van der Waals surface area contributed by atoms with Crippen LogP contribution in [0.1, 0.15) is 17.4 Å². The molecular weight excluding hydrogens is 240 g/mol. The van der Waals surface area contributed by atoms with Crippen molar-refractivity contribution in [2.75, 3.05) is 7.11 Å². The number of ether oxygens (including phenoxy) is 1. The smallest absolute Gasteiger partial charge is 0.137 e. The number of benzene rings is 1. The molecule has 1 heterocycles. The number of furan rings is 1. The Hall–Kier alpha value is -1.45. The molecule has 0 aliphatic heterocycles. The van der Waals surface area contributed by atoms with Gasteiger partial charge in [-0.05, 0) is 29.8 Å². The molecule has 0 aliphatic rings. The highest BCUT2D eigenvalue weighted by atomic mass is 35.5. The molecule has 0 spiro atoms. The van der Waals surface area contributed by atoms with Gasteiger partial charge in [-0.1, -0.05) is 17.7 Å². The van der Waals surface area contributed by atoms with Gasteiger partial charge in [-0.2, -0.15) is 0 Å². The Bertz CT molecular complexity index is 479. The lowest BCUT2D eigenvalue weighted by Gasteiger charge is -2.11. The predicted octanol–water partition coefficient (Wildman–Crippen LogP) is 3.22. The molecule has 0 bridgehead atoms. The summed E-state index contributed by atoms with van der Waals surface area (Å²) >= 11 is 6.00. The van der Waals surface area contributed by atoms with Crippen molar-refractivity contribution in [1.82, 2.24) is 0 Å². The molecule has 0 radical (unpaired) electrons. The molecular formula is C13H13ClO3. The van der Waals surface area contributed by atoms with E-state index in [1.807, 2.05) is 6.07 Å². The lowest BCUT2D eigenvalue weighted by Crippen LogP contribution is -2.01. The fourth-order valence-electron chi connectivity index (χ4n) is 1.63.